The van der Waals surface area contributed by atoms with E-state index in [4.69, 9.17) is 9.47 Å². The molecular formula is C28H37N3O6S. The number of hydrogen-bond acceptors (Lipinski definition) is 7. The largest absolute Gasteiger partial charge is 0.389 e. The Kier molecular flexibility index (Phi) is 8.77. The zero-order valence-corrected chi connectivity index (χ0v) is 22.3. The monoisotopic (exact) mass is 543 g/mol. The van der Waals surface area contributed by atoms with Gasteiger partial charge in [0.2, 0.25) is 15.9 Å². The molecule has 3 saturated heterocycles. The lowest BCUT2D eigenvalue weighted by atomic mass is 9.96. The molecule has 3 fully saturated rings. The van der Waals surface area contributed by atoms with Gasteiger partial charge in [0, 0.05) is 32.2 Å². The third kappa shape index (κ3) is 6.62. The summed E-state index contributed by atoms with van der Waals surface area (Å²) in [5, 5.41) is 13.5. The summed E-state index contributed by atoms with van der Waals surface area (Å²) in [4.78, 5) is 15.4. The number of hydrogen-bond donors (Lipinski definition) is 2. The highest BCUT2D eigenvalue weighted by Gasteiger charge is 2.43. The van der Waals surface area contributed by atoms with Crippen LogP contribution in [0.3, 0.4) is 0 Å². The summed E-state index contributed by atoms with van der Waals surface area (Å²) in [6, 6.07) is 18.2. The van der Waals surface area contributed by atoms with Gasteiger partial charge >= 0.3 is 0 Å². The van der Waals surface area contributed by atoms with Crippen LogP contribution in [-0.4, -0.2) is 91.9 Å². The van der Waals surface area contributed by atoms with Gasteiger partial charge in [0.05, 0.1) is 48.9 Å². The van der Waals surface area contributed by atoms with Gasteiger partial charge in [-0.1, -0.05) is 48.5 Å². The molecule has 5 atom stereocenters. The number of aliphatic hydroxyl groups excluding tert-OH is 1. The number of rotatable bonds is 7. The van der Waals surface area contributed by atoms with E-state index >= 15 is 0 Å². The molecule has 5 rings (SSSR count). The molecule has 0 spiro atoms. The summed E-state index contributed by atoms with van der Waals surface area (Å²) < 4.78 is 40.3. The number of nitrogens with zero attached hydrogens (tertiary/aromatic N) is 2. The molecular weight excluding hydrogens is 506 g/mol. The Labute approximate surface area is 224 Å². The summed E-state index contributed by atoms with van der Waals surface area (Å²) in [7, 11) is -3.84. The van der Waals surface area contributed by atoms with Gasteiger partial charge in [-0.15, -0.1) is 0 Å². The van der Waals surface area contributed by atoms with Crippen LogP contribution in [0.2, 0.25) is 0 Å². The lowest BCUT2D eigenvalue weighted by molar-refractivity contribution is -0.146. The first kappa shape index (κ1) is 27.2. The molecule has 3 aliphatic rings. The molecule has 3 aliphatic heterocycles. The predicted octanol–water partition coefficient (Wildman–Crippen LogP) is 1.77. The normalized spacial score (nSPS) is 29.2. The minimum atomic E-state index is -3.84. The first-order valence-electron chi connectivity index (χ1n) is 13.4. The average Bonchev–Trinajstić information content (AvgIpc) is 3.34. The molecule has 2 aromatic carbocycles. The Morgan fingerprint density at radius 1 is 0.974 bits per heavy atom. The SMILES string of the molecule is O=C(C[C@H]1CC[C@H]2[C@@H](COC[C@@H](O)CN2S(=O)(=O)c2ccccc2)O1)N[C@@H]1CCN(Cc2ccccc2)C1. The molecule has 3 heterocycles. The number of nitrogens with one attached hydrogen (secondary N) is 1. The molecule has 2 N–H and O–H groups in total. The van der Waals surface area contributed by atoms with Gasteiger partial charge in [0.1, 0.15) is 0 Å². The molecule has 0 bridgehead atoms. The Balaban J connectivity index is 1.17. The van der Waals surface area contributed by atoms with Gasteiger partial charge in [-0.3, -0.25) is 9.69 Å². The molecule has 0 aliphatic carbocycles. The van der Waals surface area contributed by atoms with Crippen molar-refractivity contribution in [1.29, 1.82) is 0 Å². The van der Waals surface area contributed by atoms with Crippen LogP contribution in [0.5, 0.6) is 0 Å². The van der Waals surface area contributed by atoms with Crippen molar-refractivity contribution in [1.82, 2.24) is 14.5 Å². The summed E-state index contributed by atoms with van der Waals surface area (Å²) in [5.74, 6) is -0.0454. The minimum absolute atomic E-state index is 0.0275. The van der Waals surface area contributed by atoms with Gasteiger partial charge in [-0.25, -0.2) is 8.42 Å². The fourth-order valence-electron chi connectivity index (χ4n) is 5.73. The molecule has 0 saturated carbocycles. The highest BCUT2D eigenvalue weighted by atomic mass is 32.2. The Morgan fingerprint density at radius 3 is 2.47 bits per heavy atom. The highest BCUT2D eigenvalue weighted by Crippen LogP contribution is 2.31. The second-order valence-corrected chi connectivity index (χ2v) is 12.4. The number of sulfonamides is 1. The van der Waals surface area contributed by atoms with Crippen LogP contribution in [0.25, 0.3) is 0 Å². The van der Waals surface area contributed by atoms with Crippen LogP contribution in [0.4, 0.5) is 0 Å². The maximum absolute atomic E-state index is 13.5. The standard InChI is InChI=1S/C28H37N3O6S/c32-23-18-31(38(34,35)25-9-5-2-6-10-25)26-12-11-24(37-27(26)20-36-19-23)15-28(33)29-22-13-14-30(17-22)16-21-7-3-1-4-8-21/h1-10,22-24,26-27,32H,11-20H2,(H,29,33)/t22-,23+,24-,26+,27-/m1/s1. The third-order valence-corrected chi connectivity index (χ3v) is 9.49. The Morgan fingerprint density at radius 2 is 1.71 bits per heavy atom. The van der Waals surface area contributed by atoms with Crippen molar-refractivity contribution in [3.63, 3.8) is 0 Å². The lowest BCUT2D eigenvalue weighted by Crippen LogP contribution is -2.57. The van der Waals surface area contributed by atoms with Crippen molar-refractivity contribution < 1.29 is 27.8 Å². The number of fused-ring (bicyclic) bond motifs is 1. The molecule has 0 radical (unpaired) electrons. The number of aliphatic hydroxyl groups is 1. The second kappa shape index (κ2) is 12.2. The topological polar surface area (TPSA) is 108 Å². The van der Waals surface area contributed by atoms with Gasteiger partial charge in [0.15, 0.2) is 0 Å². The van der Waals surface area contributed by atoms with Crippen LogP contribution < -0.4 is 5.32 Å². The van der Waals surface area contributed by atoms with E-state index in [0.717, 1.165) is 26.1 Å². The van der Waals surface area contributed by atoms with Gasteiger partial charge in [-0.2, -0.15) is 4.31 Å². The maximum Gasteiger partial charge on any atom is 0.243 e. The number of amides is 1. The molecule has 10 heteroatoms. The predicted molar refractivity (Wildman–Crippen MR) is 142 cm³/mol. The van der Waals surface area contributed by atoms with E-state index < -0.39 is 28.3 Å². The van der Waals surface area contributed by atoms with Crippen LogP contribution >= 0.6 is 0 Å². The van der Waals surface area contributed by atoms with Crippen molar-refractivity contribution in [2.24, 2.45) is 0 Å². The van der Waals surface area contributed by atoms with E-state index in [1.807, 2.05) is 18.2 Å². The summed E-state index contributed by atoms with van der Waals surface area (Å²) in [6.07, 6.45) is 0.470. The number of carbonyl (C=O) groups excluding carboxylic acids is 1. The molecule has 1 amide bonds. The van der Waals surface area contributed by atoms with Crippen molar-refractivity contribution in [2.45, 2.75) is 67.5 Å². The van der Waals surface area contributed by atoms with Crippen LogP contribution in [0.1, 0.15) is 31.2 Å². The van der Waals surface area contributed by atoms with Crippen LogP contribution in [-0.2, 0) is 30.8 Å². The first-order valence-corrected chi connectivity index (χ1v) is 14.9. The van der Waals surface area contributed by atoms with Crippen molar-refractivity contribution in [3.8, 4) is 0 Å². The number of carbonyl (C=O) groups is 1. The quantitative estimate of drug-likeness (QED) is 0.548. The highest BCUT2D eigenvalue weighted by molar-refractivity contribution is 7.89. The van der Waals surface area contributed by atoms with Gasteiger partial charge < -0.3 is 19.9 Å². The van der Waals surface area contributed by atoms with Crippen molar-refractivity contribution in [2.75, 3.05) is 32.8 Å². The molecule has 38 heavy (non-hydrogen) atoms. The number of β-amino-alcohol motifs (C(OH)–C–C–N with tert-alkyl or cyclic N) is 1. The summed E-state index contributed by atoms with van der Waals surface area (Å²) >= 11 is 0. The zero-order chi connectivity index (χ0) is 26.5. The number of likely N-dealkylation sites (tertiary alicyclic amines) is 1. The fraction of sp³-hybridized carbons (Fsp3) is 0.536. The van der Waals surface area contributed by atoms with Crippen LogP contribution in [0, 0.1) is 0 Å². The molecule has 0 unspecified atom stereocenters. The van der Waals surface area contributed by atoms with E-state index in [1.54, 1.807) is 30.3 Å². The van der Waals surface area contributed by atoms with Crippen molar-refractivity contribution >= 4 is 15.9 Å². The first-order chi connectivity index (χ1) is 18.4. The smallest absolute Gasteiger partial charge is 0.243 e. The molecule has 0 aromatic heterocycles. The second-order valence-electron chi connectivity index (χ2n) is 10.5. The lowest BCUT2D eigenvalue weighted by Gasteiger charge is -2.43. The Bertz CT molecular complexity index is 1170. The number of ether oxygens (including phenoxy) is 2. The summed E-state index contributed by atoms with van der Waals surface area (Å²) in [5.41, 5.74) is 1.27. The molecule has 9 nitrogen and oxygen atoms in total. The van der Waals surface area contributed by atoms with E-state index in [9.17, 15) is 18.3 Å². The number of benzene rings is 2. The van der Waals surface area contributed by atoms with E-state index in [-0.39, 0.29) is 49.1 Å². The van der Waals surface area contributed by atoms with E-state index in [2.05, 4.69) is 22.3 Å². The van der Waals surface area contributed by atoms with Crippen LogP contribution in [0.15, 0.2) is 65.6 Å². The fourth-order valence-corrected chi connectivity index (χ4v) is 7.47. The molecule has 2 aromatic rings. The van der Waals surface area contributed by atoms with Crippen molar-refractivity contribution in [3.05, 3.63) is 66.2 Å². The Hall–Kier alpha value is -2.34. The van der Waals surface area contributed by atoms with E-state index in [0.29, 0.717) is 12.8 Å². The third-order valence-electron chi connectivity index (χ3n) is 7.58. The zero-order valence-electron chi connectivity index (χ0n) is 21.5. The average molecular weight is 544 g/mol. The van der Waals surface area contributed by atoms with Gasteiger partial charge in [0.25, 0.3) is 0 Å². The van der Waals surface area contributed by atoms with E-state index in [1.165, 1.54) is 9.87 Å². The summed E-state index contributed by atoms with van der Waals surface area (Å²) in [6.45, 7) is 2.77. The minimum Gasteiger partial charge on any atom is -0.389 e. The maximum atomic E-state index is 13.5. The molecule has 206 valence electrons. The van der Waals surface area contributed by atoms with Gasteiger partial charge in [-0.05, 0) is 37.0 Å².